The zero-order valence-electron chi connectivity index (χ0n) is 22.7. The molecule has 2 aromatic carbocycles. The lowest BCUT2D eigenvalue weighted by atomic mass is 9.77. The van der Waals surface area contributed by atoms with Crippen LogP contribution in [0.2, 0.25) is 0 Å². The molecule has 192 valence electrons. The first-order valence-electron chi connectivity index (χ1n) is 15.1. The number of hydrogen-bond acceptors (Lipinski definition) is 1. The van der Waals surface area contributed by atoms with Crippen molar-refractivity contribution in [2.75, 3.05) is 6.61 Å². The van der Waals surface area contributed by atoms with Gasteiger partial charge < -0.3 is 4.74 Å². The van der Waals surface area contributed by atoms with Gasteiger partial charge in [-0.1, -0.05) is 114 Å². The molecular formula is C34H50O. The van der Waals surface area contributed by atoms with Crippen molar-refractivity contribution in [3.05, 3.63) is 59.7 Å². The summed E-state index contributed by atoms with van der Waals surface area (Å²) in [5.74, 6) is 2.53. The van der Waals surface area contributed by atoms with E-state index >= 15 is 0 Å². The summed E-state index contributed by atoms with van der Waals surface area (Å²) in [6, 6.07) is 18.7. The molecule has 35 heavy (non-hydrogen) atoms. The Bertz CT molecular complexity index is 820. The number of ether oxygens (including phenoxy) is 1. The van der Waals surface area contributed by atoms with Gasteiger partial charge in [0.25, 0.3) is 0 Å². The van der Waals surface area contributed by atoms with Gasteiger partial charge in [0, 0.05) is 0 Å². The van der Waals surface area contributed by atoms with Crippen molar-refractivity contribution in [3.8, 4) is 11.1 Å². The summed E-state index contributed by atoms with van der Waals surface area (Å²) in [5, 5.41) is 0. The molecule has 1 saturated carbocycles. The monoisotopic (exact) mass is 474 g/mol. The van der Waals surface area contributed by atoms with Crippen LogP contribution in [-0.4, -0.2) is 6.61 Å². The molecule has 0 N–H and O–H groups in total. The first-order chi connectivity index (χ1) is 17.3. The Morgan fingerprint density at radius 2 is 1.14 bits per heavy atom. The second-order valence-electron chi connectivity index (χ2n) is 11.6. The topological polar surface area (TPSA) is 9.23 Å². The van der Waals surface area contributed by atoms with E-state index in [4.69, 9.17) is 4.74 Å². The predicted molar refractivity (Wildman–Crippen MR) is 151 cm³/mol. The van der Waals surface area contributed by atoms with E-state index in [0.717, 1.165) is 24.4 Å². The fourth-order valence-corrected chi connectivity index (χ4v) is 6.45. The van der Waals surface area contributed by atoms with Crippen LogP contribution < -0.4 is 0 Å². The van der Waals surface area contributed by atoms with Crippen LogP contribution in [0.4, 0.5) is 0 Å². The summed E-state index contributed by atoms with van der Waals surface area (Å²) in [6.07, 6.45) is 20.9. The van der Waals surface area contributed by atoms with Gasteiger partial charge in [0.05, 0.1) is 12.7 Å². The average molecular weight is 475 g/mol. The molecule has 2 fully saturated rings. The van der Waals surface area contributed by atoms with Gasteiger partial charge in [-0.05, 0) is 85.0 Å². The van der Waals surface area contributed by atoms with Crippen LogP contribution in [-0.2, 0) is 4.74 Å². The van der Waals surface area contributed by atoms with Gasteiger partial charge in [-0.3, -0.25) is 0 Å². The molecular weight excluding hydrogens is 424 g/mol. The highest BCUT2D eigenvalue weighted by molar-refractivity contribution is 5.64. The van der Waals surface area contributed by atoms with Gasteiger partial charge in [-0.2, -0.15) is 0 Å². The van der Waals surface area contributed by atoms with Crippen LogP contribution in [0.25, 0.3) is 11.1 Å². The van der Waals surface area contributed by atoms with E-state index in [2.05, 4.69) is 62.4 Å². The Morgan fingerprint density at radius 1 is 0.571 bits per heavy atom. The maximum absolute atomic E-state index is 6.31. The molecule has 0 aromatic heterocycles. The Hall–Kier alpha value is -1.60. The van der Waals surface area contributed by atoms with Gasteiger partial charge >= 0.3 is 0 Å². The molecule has 2 atom stereocenters. The summed E-state index contributed by atoms with van der Waals surface area (Å²) >= 11 is 0. The van der Waals surface area contributed by atoms with Crippen LogP contribution in [0.3, 0.4) is 0 Å². The van der Waals surface area contributed by atoms with E-state index in [-0.39, 0.29) is 6.10 Å². The van der Waals surface area contributed by atoms with Crippen LogP contribution >= 0.6 is 0 Å². The van der Waals surface area contributed by atoms with Gasteiger partial charge in [0.2, 0.25) is 0 Å². The Kier molecular flexibility index (Phi) is 10.8. The molecule has 1 saturated heterocycles. The van der Waals surface area contributed by atoms with E-state index in [0.29, 0.717) is 0 Å². The number of unbranched alkanes of at least 4 members (excludes halogenated alkanes) is 5. The van der Waals surface area contributed by atoms with E-state index in [1.165, 1.54) is 113 Å². The van der Waals surface area contributed by atoms with Gasteiger partial charge in [-0.25, -0.2) is 0 Å². The Morgan fingerprint density at radius 3 is 1.74 bits per heavy atom. The fourth-order valence-electron chi connectivity index (χ4n) is 6.45. The van der Waals surface area contributed by atoms with Crippen molar-refractivity contribution in [1.29, 1.82) is 0 Å². The van der Waals surface area contributed by atoms with Crippen molar-refractivity contribution < 1.29 is 4.74 Å². The maximum atomic E-state index is 6.31. The second kappa shape index (κ2) is 14.2. The van der Waals surface area contributed by atoms with E-state index in [1.54, 1.807) is 5.56 Å². The van der Waals surface area contributed by atoms with Crippen LogP contribution in [0, 0.1) is 11.8 Å². The molecule has 1 aliphatic carbocycles. The number of benzene rings is 2. The zero-order chi connectivity index (χ0) is 24.3. The minimum absolute atomic E-state index is 0.287. The Labute approximate surface area is 216 Å². The number of hydrogen-bond donors (Lipinski definition) is 0. The molecule has 0 spiro atoms. The summed E-state index contributed by atoms with van der Waals surface area (Å²) < 4.78 is 6.31. The summed E-state index contributed by atoms with van der Waals surface area (Å²) in [6.45, 7) is 5.55. The van der Waals surface area contributed by atoms with E-state index < -0.39 is 0 Å². The molecule has 0 bridgehead atoms. The highest BCUT2D eigenvalue weighted by Gasteiger charge is 2.23. The van der Waals surface area contributed by atoms with Gasteiger partial charge in [0.1, 0.15) is 0 Å². The molecule has 2 aromatic rings. The summed E-state index contributed by atoms with van der Waals surface area (Å²) in [5.41, 5.74) is 5.57. The average Bonchev–Trinajstić information content (AvgIpc) is 2.93. The highest BCUT2D eigenvalue weighted by atomic mass is 16.5. The van der Waals surface area contributed by atoms with Gasteiger partial charge in [-0.15, -0.1) is 0 Å². The third-order valence-corrected chi connectivity index (χ3v) is 8.90. The molecule has 4 rings (SSSR count). The lowest BCUT2D eigenvalue weighted by Crippen LogP contribution is -2.20. The third kappa shape index (κ3) is 7.94. The molecule has 2 unspecified atom stereocenters. The maximum Gasteiger partial charge on any atom is 0.0825 e. The van der Waals surface area contributed by atoms with Crippen LogP contribution in [0.15, 0.2) is 48.5 Å². The van der Waals surface area contributed by atoms with Gasteiger partial charge in [0.15, 0.2) is 0 Å². The van der Waals surface area contributed by atoms with Crippen molar-refractivity contribution in [2.45, 2.75) is 122 Å². The molecule has 1 aliphatic heterocycles. The largest absolute Gasteiger partial charge is 0.373 e. The summed E-state index contributed by atoms with van der Waals surface area (Å²) in [4.78, 5) is 0. The smallest absolute Gasteiger partial charge is 0.0825 e. The first-order valence-corrected chi connectivity index (χ1v) is 15.1. The van der Waals surface area contributed by atoms with Crippen molar-refractivity contribution in [2.24, 2.45) is 11.8 Å². The molecule has 2 aliphatic rings. The predicted octanol–water partition coefficient (Wildman–Crippen LogP) is 10.6. The van der Waals surface area contributed by atoms with Crippen molar-refractivity contribution >= 4 is 0 Å². The SMILES string of the molecule is CCCCCCCC1CCC(c2ccc(-c3ccc([C@H]4CC[C@H](CCCC)CC4)cc3)cc2)OC1. The molecule has 1 heteroatoms. The minimum Gasteiger partial charge on any atom is -0.373 e. The minimum atomic E-state index is 0.287. The normalized spacial score (nSPS) is 25.0. The van der Waals surface area contributed by atoms with Crippen molar-refractivity contribution in [1.82, 2.24) is 0 Å². The zero-order valence-corrected chi connectivity index (χ0v) is 22.7. The molecule has 1 nitrogen and oxygen atoms in total. The molecule has 0 amide bonds. The fraction of sp³-hybridized carbons (Fsp3) is 0.647. The molecule has 1 heterocycles. The first kappa shape index (κ1) is 26.5. The number of rotatable bonds is 12. The van der Waals surface area contributed by atoms with Crippen LogP contribution in [0.1, 0.15) is 133 Å². The van der Waals surface area contributed by atoms with E-state index in [9.17, 15) is 0 Å². The lowest BCUT2D eigenvalue weighted by molar-refractivity contribution is -0.0198. The second-order valence-corrected chi connectivity index (χ2v) is 11.6. The lowest BCUT2D eigenvalue weighted by Gasteiger charge is -2.29. The Balaban J connectivity index is 1.23. The molecule has 0 radical (unpaired) electrons. The summed E-state index contributed by atoms with van der Waals surface area (Å²) in [7, 11) is 0. The van der Waals surface area contributed by atoms with Crippen molar-refractivity contribution in [3.63, 3.8) is 0 Å². The quantitative estimate of drug-likeness (QED) is 0.278. The van der Waals surface area contributed by atoms with E-state index in [1.807, 2.05) is 0 Å². The standard InChI is InChI=1S/C34H50O/c1-3-5-7-8-9-11-28-14-25-34(35-26-28)33-23-21-32(22-24-33)31-19-17-30(18-20-31)29-15-12-27(13-16-29)10-6-4-2/h17-24,27-29,34H,3-16,25-26H2,1-2H3/t27-,28?,29-,34?. The highest BCUT2D eigenvalue weighted by Crippen LogP contribution is 2.38. The third-order valence-electron chi connectivity index (χ3n) is 8.90. The van der Waals surface area contributed by atoms with Crippen LogP contribution in [0.5, 0.6) is 0 Å².